The first kappa shape index (κ1) is 16.9. The van der Waals surface area contributed by atoms with Gasteiger partial charge in [0.15, 0.2) is 0 Å². The summed E-state index contributed by atoms with van der Waals surface area (Å²) in [5.41, 5.74) is 0. The van der Waals surface area contributed by atoms with Gasteiger partial charge < -0.3 is 20.3 Å². The topological polar surface area (TPSA) is 70.7 Å². The summed E-state index contributed by atoms with van der Waals surface area (Å²) in [7, 11) is 3.21. The van der Waals surface area contributed by atoms with E-state index in [-0.39, 0.29) is 24.3 Å². The summed E-state index contributed by atoms with van der Waals surface area (Å²) in [6.07, 6.45) is 0. The molecule has 0 aliphatic rings. The van der Waals surface area contributed by atoms with E-state index in [1.54, 1.807) is 14.2 Å². The molecule has 0 aliphatic carbocycles. The van der Waals surface area contributed by atoms with Crippen LogP contribution in [0, 0.1) is 5.92 Å². The SMILES string of the molecule is CCNCC(C)C(=O)N(C)CC(=O)NCCOC. The molecule has 18 heavy (non-hydrogen) atoms. The third-order valence-electron chi connectivity index (χ3n) is 2.51. The predicted octanol–water partition coefficient (Wildman–Crippen LogP) is -0.547. The molecule has 6 heteroatoms. The molecule has 6 nitrogen and oxygen atoms in total. The highest BCUT2D eigenvalue weighted by atomic mass is 16.5. The van der Waals surface area contributed by atoms with Gasteiger partial charge in [0.1, 0.15) is 0 Å². The highest BCUT2D eigenvalue weighted by molar-refractivity contribution is 5.85. The lowest BCUT2D eigenvalue weighted by atomic mass is 10.1. The summed E-state index contributed by atoms with van der Waals surface area (Å²) in [5, 5.41) is 5.79. The number of hydrogen-bond donors (Lipinski definition) is 2. The normalized spacial score (nSPS) is 12.0. The van der Waals surface area contributed by atoms with Crippen molar-refractivity contribution in [2.75, 3.05) is 46.9 Å². The van der Waals surface area contributed by atoms with Crippen molar-refractivity contribution in [2.24, 2.45) is 5.92 Å². The monoisotopic (exact) mass is 259 g/mol. The van der Waals surface area contributed by atoms with E-state index in [4.69, 9.17) is 4.74 Å². The molecule has 0 aliphatic heterocycles. The highest BCUT2D eigenvalue weighted by Gasteiger charge is 2.18. The Morgan fingerprint density at radius 1 is 1.39 bits per heavy atom. The standard InChI is InChI=1S/C12H25N3O3/c1-5-13-8-10(2)12(17)15(3)9-11(16)14-6-7-18-4/h10,13H,5-9H2,1-4H3,(H,14,16). The van der Waals surface area contributed by atoms with Crippen LogP contribution in [0.5, 0.6) is 0 Å². The molecule has 0 radical (unpaired) electrons. The number of likely N-dealkylation sites (N-methyl/N-ethyl adjacent to an activating group) is 1. The average molecular weight is 259 g/mol. The van der Waals surface area contributed by atoms with Crippen LogP contribution in [0.1, 0.15) is 13.8 Å². The summed E-state index contributed by atoms with van der Waals surface area (Å²) < 4.78 is 4.82. The first-order valence-electron chi connectivity index (χ1n) is 6.24. The number of carbonyl (C=O) groups is 2. The Morgan fingerprint density at radius 2 is 2.06 bits per heavy atom. The largest absolute Gasteiger partial charge is 0.383 e. The summed E-state index contributed by atoms with van der Waals surface area (Å²) in [6.45, 7) is 6.32. The zero-order valence-electron chi connectivity index (χ0n) is 11.8. The Hall–Kier alpha value is -1.14. The van der Waals surface area contributed by atoms with Crippen molar-refractivity contribution in [1.82, 2.24) is 15.5 Å². The third-order valence-corrected chi connectivity index (χ3v) is 2.51. The van der Waals surface area contributed by atoms with E-state index in [9.17, 15) is 9.59 Å². The van der Waals surface area contributed by atoms with E-state index < -0.39 is 0 Å². The first-order chi connectivity index (χ1) is 8.52. The molecule has 0 rings (SSSR count). The van der Waals surface area contributed by atoms with E-state index >= 15 is 0 Å². The Kier molecular flexibility index (Phi) is 9.22. The summed E-state index contributed by atoms with van der Waals surface area (Å²) in [4.78, 5) is 24.8. The molecule has 0 bridgehead atoms. The van der Waals surface area contributed by atoms with Crippen molar-refractivity contribution in [3.8, 4) is 0 Å². The van der Waals surface area contributed by atoms with Crippen LogP contribution in [0.15, 0.2) is 0 Å². The van der Waals surface area contributed by atoms with Gasteiger partial charge in [-0.2, -0.15) is 0 Å². The second-order valence-corrected chi connectivity index (χ2v) is 4.25. The molecule has 0 fully saturated rings. The molecule has 0 spiro atoms. The fraction of sp³-hybridized carbons (Fsp3) is 0.833. The quantitative estimate of drug-likeness (QED) is 0.545. The minimum Gasteiger partial charge on any atom is -0.383 e. The number of hydrogen-bond acceptors (Lipinski definition) is 4. The number of ether oxygens (including phenoxy) is 1. The maximum atomic E-state index is 11.9. The average Bonchev–Trinajstić information content (AvgIpc) is 2.35. The molecule has 1 unspecified atom stereocenters. The fourth-order valence-electron chi connectivity index (χ4n) is 1.47. The number of nitrogens with one attached hydrogen (secondary N) is 2. The molecular weight excluding hydrogens is 234 g/mol. The van der Waals surface area contributed by atoms with Gasteiger partial charge in [0.2, 0.25) is 11.8 Å². The number of rotatable bonds is 9. The zero-order chi connectivity index (χ0) is 14.0. The smallest absolute Gasteiger partial charge is 0.239 e. The second-order valence-electron chi connectivity index (χ2n) is 4.25. The van der Waals surface area contributed by atoms with E-state index in [1.807, 2.05) is 13.8 Å². The highest BCUT2D eigenvalue weighted by Crippen LogP contribution is 1.99. The van der Waals surface area contributed by atoms with Crippen molar-refractivity contribution in [3.63, 3.8) is 0 Å². The minimum atomic E-state index is -0.168. The van der Waals surface area contributed by atoms with Gasteiger partial charge in [-0.25, -0.2) is 0 Å². The Balaban J connectivity index is 3.95. The van der Waals surface area contributed by atoms with Gasteiger partial charge in [-0.05, 0) is 6.54 Å². The zero-order valence-corrected chi connectivity index (χ0v) is 11.8. The molecule has 1 atom stereocenters. The number of methoxy groups -OCH3 is 1. The summed E-state index contributed by atoms with van der Waals surface area (Å²) >= 11 is 0. The van der Waals surface area contributed by atoms with Crippen molar-refractivity contribution in [2.45, 2.75) is 13.8 Å². The van der Waals surface area contributed by atoms with Crippen LogP contribution in [0.4, 0.5) is 0 Å². The van der Waals surface area contributed by atoms with Gasteiger partial charge in [-0.1, -0.05) is 13.8 Å². The van der Waals surface area contributed by atoms with E-state index in [2.05, 4.69) is 10.6 Å². The Labute approximate surface area is 109 Å². The van der Waals surface area contributed by atoms with Crippen molar-refractivity contribution in [1.29, 1.82) is 0 Å². The molecule has 0 aromatic rings. The van der Waals surface area contributed by atoms with Crippen LogP contribution in [0.2, 0.25) is 0 Å². The molecule has 0 heterocycles. The number of carbonyl (C=O) groups excluding carboxylic acids is 2. The number of nitrogens with zero attached hydrogens (tertiary/aromatic N) is 1. The summed E-state index contributed by atoms with van der Waals surface area (Å²) in [6, 6.07) is 0. The van der Waals surface area contributed by atoms with Crippen molar-refractivity contribution < 1.29 is 14.3 Å². The minimum absolute atomic E-state index is 0.0298. The molecule has 106 valence electrons. The summed E-state index contributed by atoms with van der Waals surface area (Å²) in [5.74, 6) is -0.321. The second kappa shape index (κ2) is 9.85. The third kappa shape index (κ3) is 7.24. The maximum absolute atomic E-state index is 11.9. The first-order valence-corrected chi connectivity index (χ1v) is 6.24. The van der Waals surface area contributed by atoms with Crippen LogP contribution in [-0.4, -0.2) is 63.7 Å². The maximum Gasteiger partial charge on any atom is 0.239 e. The van der Waals surface area contributed by atoms with E-state index in [1.165, 1.54) is 4.90 Å². The van der Waals surface area contributed by atoms with Gasteiger partial charge in [-0.15, -0.1) is 0 Å². The lowest BCUT2D eigenvalue weighted by Crippen LogP contribution is -2.43. The molecule has 0 saturated carbocycles. The van der Waals surface area contributed by atoms with Crippen LogP contribution >= 0.6 is 0 Å². The lowest BCUT2D eigenvalue weighted by molar-refractivity contribution is -0.137. The molecule has 0 saturated heterocycles. The molecule has 2 N–H and O–H groups in total. The molecular formula is C12H25N3O3. The van der Waals surface area contributed by atoms with Gasteiger partial charge in [0.05, 0.1) is 13.2 Å². The fourth-order valence-corrected chi connectivity index (χ4v) is 1.47. The van der Waals surface area contributed by atoms with Gasteiger partial charge >= 0.3 is 0 Å². The molecule has 0 aromatic heterocycles. The van der Waals surface area contributed by atoms with Crippen LogP contribution in [-0.2, 0) is 14.3 Å². The van der Waals surface area contributed by atoms with Crippen LogP contribution < -0.4 is 10.6 Å². The van der Waals surface area contributed by atoms with Gasteiger partial charge in [-0.3, -0.25) is 9.59 Å². The Bertz CT molecular complexity index is 259. The Morgan fingerprint density at radius 3 is 2.61 bits per heavy atom. The van der Waals surface area contributed by atoms with Crippen molar-refractivity contribution >= 4 is 11.8 Å². The van der Waals surface area contributed by atoms with Crippen LogP contribution in [0.3, 0.4) is 0 Å². The van der Waals surface area contributed by atoms with Gasteiger partial charge in [0.25, 0.3) is 0 Å². The molecule has 2 amide bonds. The van der Waals surface area contributed by atoms with Crippen molar-refractivity contribution in [3.05, 3.63) is 0 Å². The van der Waals surface area contributed by atoms with E-state index in [0.29, 0.717) is 19.7 Å². The lowest BCUT2D eigenvalue weighted by Gasteiger charge is -2.21. The van der Waals surface area contributed by atoms with E-state index in [0.717, 1.165) is 6.54 Å². The molecule has 0 aromatic carbocycles. The van der Waals surface area contributed by atoms with Crippen LogP contribution in [0.25, 0.3) is 0 Å². The van der Waals surface area contributed by atoms with Gasteiger partial charge in [0, 0.05) is 33.2 Å². The number of amides is 2. The predicted molar refractivity (Wildman–Crippen MR) is 70.2 cm³/mol.